The standard InChI is InChI=1S/C13H22N2O/c1-3-15(10-9-14)11-12-5-7-13(8-6-12)16-4-2/h5-8H,3-4,9-11,14H2,1-2H3. The van der Waals surface area contributed by atoms with Crippen molar-refractivity contribution in [1.29, 1.82) is 0 Å². The van der Waals surface area contributed by atoms with Crippen LogP contribution in [-0.2, 0) is 6.54 Å². The Morgan fingerprint density at radius 1 is 1.19 bits per heavy atom. The Morgan fingerprint density at radius 2 is 1.88 bits per heavy atom. The second-order valence-electron chi connectivity index (χ2n) is 3.73. The third-order valence-corrected chi connectivity index (χ3v) is 2.53. The molecule has 16 heavy (non-hydrogen) atoms. The first-order valence-electron chi connectivity index (χ1n) is 5.94. The molecule has 0 aliphatic rings. The lowest BCUT2D eigenvalue weighted by molar-refractivity contribution is 0.288. The van der Waals surface area contributed by atoms with Crippen molar-refractivity contribution in [2.24, 2.45) is 5.73 Å². The van der Waals surface area contributed by atoms with Crippen LogP contribution in [0, 0.1) is 0 Å². The molecule has 90 valence electrons. The average molecular weight is 222 g/mol. The maximum Gasteiger partial charge on any atom is 0.119 e. The molecule has 3 nitrogen and oxygen atoms in total. The van der Waals surface area contributed by atoms with Crippen molar-refractivity contribution in [2.45, 2.75) is 20.4 Å². The van der Waals surface area contributed by atoms with Gasteiger partial charge in [-0.1, -0.05) is 19.1 Å². The molecule has 0 amide bonds. The van der Waals surface area contributed by atoms with E-state index < -0.39 is 0 Å². The number of rotatable bonds is 7. The zero-order valence-corrected chi connectivity index (χ0v) is 10.3. The smallest absolute Gasteiger partial charge is 0.119 e. The number of nitrogens with zero attached hydrogens (tertiary/aromatic N) is 1. The number of hydrogen-bond donors (Lipinski definition) is 1. The Hall–Kier alpha value is -1.06. The molecule has 0 saturated carbocycles. The van der Waals surface area contributed by atoms with Crippen molar-refractivity contribution < 1.29 is 4.74 Å². The molecule has 0 unspecified atom stereocenters. The van der Waals surface area contributed by atoms with Gasteiger partial charge >= 0.3 is 0 Å². The zero-order chi connectivity index (χ0) is 11.8. The van der Waals surface area contributed by atoms with Crippen LogP contribution in [0.15, 0.2) is 24.3 Å². The fourth-order valence-corrected chi connectivity index (χ4v) is 1.65. The maximum absolute atomic E-state index is 5.56. The molecule has 0 heterocycles. The summed E-state index contributed by atoms with van der Waals surface area (Å²) >= 11 is 0. The van der Waals surface area contributed by atoms with Crippen LogP contribution in [0.5, 0.6) is 5.75 Å². The minimum Gasteiger partial charge on any atom is -0.494 e. The lowest BCUT2D eigenvalue weighted by Crippen LogP contribution is -2.28. The predicted octanol–water partition coefficient (Wildman–Crippen LogP) is 1.87. The molecular weight excluding hydrogens is 200 g/mol. The SMILES string of the molecule is CCOc1ccc(CN(CC)CCN)cc1. The van der Waals surface area contributed by atoms with Crippen molar-refractivity contribution in [1.82, 2.24) is 4.90 Å². The lowest BCUT2D eigenvalue weighted by Gasteiger charge is -2.19. The molecule has 0 fully saturated rings. The van der Waals surface area contributed by atoms with Crippen molar-refractivity contribution >= 4 is 0 Å². The van der Waals surface area contributed by atoms with Crippen molar-refractivity contribution in [3.8, 4) is 5.75 Å². The van der Waals surface area contributed by atoms with E-state index in [1.54, 1.807) is 0 Å². The number of ether oxygens (including phenoxy) is 1. The van der Waals surface area contributed by atoms with Crippen molar-refractivity contribution in [3.05, 3.63) is 29.8 Å². The van der Waals surface area contributed by atoms with E-state index in [9.17, 15) is 0 Å². The summed E-state index contributed by atoms with van der Waals surface area (Å²) in [6.45, 7) is 8.52. The normalized spacial score (nSPS) is 10.8. The fraction of sp³-hybridized carbons (Fsp3) is 0.538. The second kappa shape index (κ2) is 7.25. The summed E-state index contributed by atoms with van der Waals surface area (Å²) in [6.07, 6.45) is 0. The van der Waals surface area contributed by atoms with Crippen LogP contribution in [0.4, 0.5) is 0 Å². The van der Waals surface area contributed by atoms with E-state index in [1.807, 2.05) is 19.1 Å². The first-order valence-corrected chi connectivity index (χ1v) is 5.94. The number of likely N-dealkylation sites (N-methyl/N-ethyl adjacent to an activating group) is 1. The molecule has 1 aromatic carbocycles. The lowest BCUT2D eigenvalue weighted by atomic mass is 10.2. The highest BCUT2D eigenvalue weighted by atomic mass is 16.5. The van der Waals surface area contributed by atoms with Crippen LogP contribution < -0.4 is 10.5 Å². The van der Waals surface area contributed by atoms with Gasteiger partial charge in [0.15, 0.2) is 0 Å². The molecular formula is C13H22N2O. The van der Waals surface area contributed by atoms with Crippen LogP contribution in [0.3, 0.4) is 0 Å². The fourth-order valence-electron chi connectivity index (χ4n) is 1.65. The van der Waals surface area contributed by atoms with Crippen LogP contribution >= 0.6 is 0 Å². The molecule has 0 aliphatic carbocycles. The largest absolute Gasteiger partial charge is 0.494 e. The Balaban J connectivity index is 2.53. The molecule has 2 N–H and O–H groups in total. The zero-order valence-electron chi connectivity index (χ0n) is 10.3. The van der Waals surface area contributed by atoms with Gasteiger partial charge in [-0.15, -0.1) is 0 Å². The second-order valence-corrected chi connectivity index (χ2v) is 3.73. The van der Waals surface area contributed by atoms with Crippen LogP contribution in [0.1, 0.15) is 19.4 Å². The first kappa shape index (κ1) is 13.0. The van der Waals surface area contributed by atoms with Gasteiger partial charge in [-0.25, -0.2) is 0 Å². The summed E-state index contributed by atoms with van der Waals surface area (Å²) in [5, 5.41) is 0. The molecule has 0 bridgehead atoms. The summed E-state index contributed by atoms with van der Waals surface area (Å²) in [4.78, 5) is 2.33. The van der Waals surface area contributed by atoms with Crippen molar-refractivity contribution in [3.63, 3.8) is 0 Å². The summed E-state index contributed by atoms with van der Waals surface area (Å²) in [5.41, 5.74) is 6.87. The van der Waals surface area contributed by atoms with Gasteiger partial charge in [0.25, 0.3) is 0 Å². The molecule has 0 atom stereocenters. The van der Waals surface area contributed by atoms with Gasteiger partial charge in [0, 0.05) is 19.6 Å². The van der Waals surface area contributed by atoms with Gasteiger partial charge in [0.2, 0.25) is 0 Å². The van der Waals surface area contributed by atoms with Gasteiger partial charge in [0.1, 0.15) is 5.75 Å². The third kappa shape index (κ3) is 4.21. The highest BCUT2D eigenvalue weighted by Gasteiger charge is 2.02. The highest BCUT2D eigenvalue weighted by Crippen LogP contribution is 2.13. The van der Waals surface area contributed by atoms with Gasteiger partial charge < -0.3 is 10.5 Å². The van der Waals surface area contributed by atoms with Crippen LogP contribution in [0.25, 0.3) is 0 Å². The Kier molecular flexibility index (Phi) is 5.90. The number of benzene rings is 1. The minimum absolute atomic E-state index is 0.713. The van der Waals surface area contributed by atoms with E-state index in [0.29, 0.717) is 13.2 Å². The molecule has 0 saturated heterocycles. The Morgan fingerprint density at radius 3 is 2.38 bits per heavy atom. The monoisotopic (exact) mass is 222 g/mol. The van der Waals surface area contributed by atoms with E-state index in [1.165, 1.54) is 5.56 Å². The molecule has 0 aliphatic heterocycles. The average Bonchev–Trinajstić information content (AvgIpc) is 2.31. The van der Waals surface area contributed by atoms with Crippen LogP contribution in [0.2, 0.25) is 0 Å². The first-order chi connectivity index (χ1) is 7.80. The summed E-state index contributed by atoms with van der Waals surface area (Å²) in [6, 6.07) is 8.28. The molecule has 0 radical (unpaired) electrons. The van der Waals surface area contributed by atoms with Gasteiger partial charge in [-0.05, 0) is 31.2 Å². The van der Waals surface area contributed by atoms with Gasteiger partial charge in [-0.3, -0.25) is 4.90 Å². The molecule has 1 rings (SSSR count). The van der Waals surface area contributed by atoms with E-state index in [4.69, 9.17) is 10.5 Å². The van der Waals surface area contributed by atoms with Gasteiger partial charge in [0.05, 0.1) is 6.61 Å². The van der Waals surface area contributed by atoms with E-state index in [2.05, 4.69) is 24.0 Å². The molecule has 0 aromatic heterocycles. The number of hydrogen-bond acceptors (Lipinski definition) is 3. The predicted molar refractivity (Wildman–Crippen MR) is 67.6 cm³/mol. The van der Waals surface area contributed by atoms with E-state index in [0.717, 1.165) is 25.4 Å². The topological polar surface area (TPSA) is 38.5 Å². The summed E-state index contributed by atoms with van der Waals surface area (Å²) in [7, 11) is 0. The third-order valence-electron chi connectivity index (χ3n) is 2.53. The number of nitrogens with two attached hydrogens (primary N) is 1. The minimum atomic E-state index is 0.713. The van der Waals surface area contributed by atoms with Crippen molar-refractivity contribution in [2.75, 3.05) is 26.2 Å². The van der Waals surface area contributed by atoms with Gasteiger partial charge in [-0.2, -0.15) is 0 Å². The molecule has 1 aromatic rings. The molecule has 0 spiro atoms. The molecule has 3 heteroatoms. The van der Waals surface area contributed by atoms with E-state index in [-0.39, 0.29) is 0 Å². The van der Waals surface area contributed by atoms with E-state index >= 15 is 0 Å². The quantitative estimate of drug-likeness (QED) is 0.765. The highest BCUT2D eigenvalue weighted by molar-refractivity contribution is 5.27. The summed E-state index contributed by atoms with van der Waals surface area (Å²) in [5.74, 6) is 0.938. The maximum atomic E-state index is 5.56. The summed E-state index contributed by atoms with van der Waals surface area (Å²) < 4.78 is 5.41. The van der Waals surface area contributed by atoms with Crippen LogP contribution in [-0.4, -0.2) is 31.1 Å². The Labute approximate surface area is 98.2 Å². The Bertz CT molecular complexity index is 284.